The molecular weight excluding hydrogens is 484 g/mol. The Balaban J connectivity index is 1.56. The summed E-state index contributed by atoms with van der Waals surface area (Å²) >= 11 is 5.54. The van der Waals surface area contributed by atoms with Gasteiger partial charge in [-0.05, 0) is 36.2 Å². The van der Waals surface area contributed by atoms with Crippen LogP contribution in [0.4, 0.5) is 17.6 Å². The maximum Gasteiger partial charge on any atom is 0.414 e. The maximum atomic E-state index is 14.1. The Hall–Kier alpha value is -3.54. The Bertz CT molecular complexity index is 1220. The number of benzene rings is 1. The molecule has 2 aliphatic rings. The highest BCUT2D eigenvalue weighted by molar-refractivity contribution is 6.30. The lowest BCUT2D eigenvalue weighted by atomic mass is 10.0. The molecule has 0 unspecified atom stereocenters. The van der Waals surface area contributed by atoms with E-state index < -0.39 is 53.4 Å². The van der Waals surface area contributed by atoms with Crippen molar-refractivity contribution >= 4 is 35.2 Å². The van der Waals surface area contributed by atoms with Gasteiger partial charge in [0.25, 0.3) is 11.8 Å². The lowest BCUT2D eigenvalue weighted by molar-refractivity contribution is -0.156. The van der Waals surface area contributed by atoms with E-state index in [9.17, 15) is 36.7 Å². The maximum absolute atomic E-state index is 14.1. The summed E-state index contributed by atoms with van der Waals surface area (Å²) in [5.41, 5.74) is -0.758. The van der Waals surface area contributed by atoms with Gasteiger partial charge in [0, 0.05) is 30.3 Å². The number of carbonyl (C=O) groups excluding carboxylic acids is 4. The summed E-state index contributed by atoms with van der Waals surface area (Å²) in [5.74, 6) is -4.09. The van der Waals surface area contributed by atoms with Gasteiger partial charge < -0.3 is 10.2 Å². The molecule has 0 spiro atoms. The fourth-order valence-electron chi connectivity index (χ4n) is 3.87. The number of nitrogens with zero attached hydrogens (tertiary/aromatic N) is 2. The zero-order valence-electron chi connectivity index (χ0n) is 17.1. The molecular formula is C21H15ClF4N4O4. The molecule has 1 saturated heterocycles. The van der Waals surface area contributed by atoms with Crippen LogP contribution in [0.3, 0.4) is 0 Å². The van der Waals surface area contributed by atoms with Crippen LogP contribution in [0.5, 0.6) is 0 Å². The molecule has 3 heterocycles. The molecule has 34 heavy (non-hydrogen) atoms. The van der Waals surface area contributed by atoms with Crippen molar-refractivity contribution in [3.8, 4) is 0 Å². The molecule has 1 aromatic heterocycles. The molecule has 8 nitrogen and oxygen atoms in total. The molecule has 1 fully saturated rings. The van der Waals surface area contributed by atoms with E-state index in [1.165, 1.54) is 17.0 Å². The van der Waals surface area contributed by atoms with E-state index >= 15 is 0 Å². The molecule has 1 aromatic carbocycles. The predicted molar refractivity (Wildman–Crippen MR) is 108 cm³/mol. The highest BCUT2D eigenvalue weighted by Crippen LogP contribution is 2.34. The molecule has 2 atom stereocenters. The van der Waals surface area contributed by atoms with E-state index in [0.717, 1.165) is 12.3 Å². The highest BCUT2D eigenvalue weighted by Gasteiger charge is 2.45. The Kier molecular flexibility index (Phi) is 6.02. The highest BCUT2D eigenvalue weighted by atomic mass is 35.5. The minimum absolute atomic E-state index is 0.0539. The van der Waals surface area contributed by atoms with Gasteiger partial charge in [-0.15, -0.1) is 0 Å². The van der Waals surface area contributed by atoms with Gasteiger partial charge in [0.05, 0.1) is 5.02 Å². The molecule has 0 radical (unpaired) electrons. The first kappa shape index (κ1) is 23.6. The van der Waals surface area contributed by atoms with Crippen molar-refractivity contribution in [3.63, 3.8) is 0 Å². The number of amides is 4. The number of hydrogen-bond acceptors (Lipinski definition) is 5. The van der Waals surface area contributed by atoms with Gasteiger partial charge in [0.2, 0.25) is 11.8 Å². The molecule has 13 heteroatoms. The van der Waals surface area contributed by atoms with Gasteiger partial charge in [-0.3, -0.25) is 29.5 Å². The molecule has 0 aliphatic carbocycles. The minimum Gasteiger partial charge on any atom is -0.335 e. The molecule has 2 aliphatic heterocycles. The lowest BCUT2D eigenvalue weighted by Gasteiger charge is -2.29. The number of nitrogens with one attached hydrogen (secondary N) is 2. The minimum atomic E-state index is -5.06. The quantitative estimate of drug-likeness (QED) is 0.498. The van der Waals surface area contributed by atoms with E-state index in [2.05, 4.69) is 10.3 Å². The Morgan fingerprint density at radius 2 is 1.97 bits per heavy atom. The average Bonchev–Trinajstić information content (AvgIpc) is 3.07. The Morgan fingerprint density at radius 1 is 1.24 bits per heavy atom. The third-order valence-electron chi connectivity index (χ3n) is 5.50. The first-order valence-electron chi connectivity index (χ1n) is 9.92. The zero-order chi connectivity index (χ0) is 24.8. The smallest absolute Gasteiger partial charge is 0.335 e. The van der Waals surface area contributed by atoms with Gasteiger partial charge in [-0.1, -0.05) is 11.6 Å². The molecule has 4 rings (SSSR count). The van der Waals surface area contributed by atoms with Gasteiger partial charge in [0.1, 0.15) is 17.6 Å². The number of pyridine rings is 1. The van der Waals surface area contributed by atoms with Gasteiger partial charge in [0.15, 0.2) is 6.04 Å². The summed E-state index contributed by atoms with van der Waals surface area (Å²) in [4.78, 5) is 53.4. The summed E-state index contributed by atoms with van der Waals surface area (Å²) in [6.45, 7) is -0.0718. The monoisotopic (exact) mass is 498 g/mol. The lowest BCUT2D eigenvalue weighted by Crippen LogP contribution is -2.52. The second-order valence-electron chi connectivity index (χ2n) is 7.74. The second-order valence-corrected chi connectivity index (χ2v) is 8.18. The summed E-state index contributed by atoms with van der Waals surface area (Å²) in [5, 5.41) is 3.67. The van der Waals surface area contributed by atoms with Crippen LogP contribution in [0.15, 0.2) is 30.5 Å². The van der Waals surface area contributed by atoms with Gasteiger partial charge in [-0.25, -0.2) is 4.39 Å². The third kappa shape index (κ3) is 4.45. The van der Waals surface area contributed by atoms with E-state index in [1.807, 2.05) is 0 Å². The zero-order valence-corrected chi connectivity index (χ0v) is 17.8. The van der Waals surface area contributed by atoms with Crippen LogP contribution in [-0.2, 0) is 16.1 Å². The van der Waals surface area contributed by atoms with Crippen molar-refractivity contribution in [2.24, 2.45) is 0 Å². The number of fused-ring (bicyclic) bond motifs is 1. The topological polar surface area (TPSA) is 108 Å². The fourth-order valence-corrected chi connectivity index (χ4v) is 4.02. The molecule has 2 aromatic rings. The molecule has 0 saturated carbocycles. The third-order valence-corrected chi connectivity index (χ3v) is 5.70. The Labute approximate surface area is 194 Å². The van der Waals surface area contributed by atoms with Crippen molar-refractivity contribution in [2.45, 2.75) is 37.6 Å². The number of aromatic nitrogens is 1. The summed E-state index contributed by atoms with van der Waals surface area (Å²) in [6.07, 6.45) is -4.05. The van der Waals surface area contributed by atoms with E-state index in [1.54, 1.807) is 5.32 Å². The van der Waals surface area contributed by atoms with Crippen LogP contribution in [0, 0.1) is 5.82 Å². The van der Waals surface area contributed by atoms with Crippen molar-refractivity contribution in [2.75, 3.05) is 0 Å². The molecule has 2 N–H and O–H groups in total. The fraction of sp³-hybridized carbons (Fsp3) is 0.286. The molecule has 4 amide bonds. The summed E-state index contributed by atoms with van der Waals surface area (Å²) in [7, 11) is 0. The van der Waals surface area contributed by atoms with Crippen LogP contribution >= 0.6 is 11.6 Å². The SMILES string of the molecule is O=C1CC[C@H](N2Cc3cc(C(=O)N[C@H](c4ncc(Cl)cc4F)C(F)(F)F)ccc3C2=O)C(=O)N1. The number of halogens is 5. The van der Waals surface area contributed by atoms with E-state index in [-0.39, 0.29) is 35.5 Å². The van der Waals surface area contributed by atoms with Crippen LogP contribution in [-0.4, -0.2) is 45.7 Å². The second kappa shape index (κ2) is 8.67. The van der Waals surface area contributed by atoms with E-state index in [4.69, 9.17) is 11.6 Å². The van der Waals surface area contributed by atoms with Crippen LogP contribution in [0.25, 0.3) is 0 Å². The summed E-state index contributed by atoms with van der Waals surface area (Å²) in [6, 6.07) is 0.671. The number of carbonyl (C=O) groups is 4. The standard InChI is InChI=1S/C21H15ClF4N4O4/c22-11-6-13(23)16(27-7-11)17(21(24,25)26)29-18(32)9-1-2-12-10(5-9)8-30(20(12)34)14-3-4-15(31)28-19(14)33/h1-2,5-7,14,17H,3-4,8H2,(H,29,32)(H,28,31,33)/t14-,17+/m0/s1. The van der Waals surface area contributed by atoms with Gasteiger partial charge >= 0.3 is 6.18 Å². The number of hydrogen-bond donors (Lipinski definition) is 2. The largest absolute Gasteiger partial charge is 0.414 e. The number of imide groups is 1. The number of rotatable bonds is 4. The predicted octanol–water partition coefficient (Wildman–Crippen LogP) is 2.67. The first-order valence-corrected chi connectivity index (χ1v) is 10.3. The average molecular weight is 499 g/mol. The first-order chi connectivity index (χ1) is 16.0. The van der Waals surface area contributed by atoms with Gasteiger partial charge in [-0.2, -0.15) is 13.2 Å². The normalized spacial score (nSPS) is 19.0. The molecule has 0 bridgehead atoms. The van der Waals surface area contributed by atoms with E-state index in [0.29, 0.717) is 11.6 Å². The van der Waals surface area contributed by atoms with Crippen LogP contribution < -0.4 is 10.6 Å². The van der Waals surface area contributed by atoms with Crippen molar-refractivity contribution in [1.82, 2.24) is 20.5 Å². The molecule has 178 valence electrons. The van der Waals surface area contributed by atoms with Crippen molar-refractivity contribution in [1.29, 1.82) is 0 Å². The Morgan fingerprint density at radius 3 is 2.62 bits per heavy atom. The number of piperidine rings is 1. The summed E-state index contributed by atoms with van der Waals surface area (Å²) < 4.78 is 54.8. The van der Waals surface area contributed by atoms with Crippen molar-refractivity contribution in [3.05, 3.63) is 63.7 Å². The number of alkyl halides is 3. The van der Waals surface area contributed by atoms with Crippen LogP contribution in [0.1, 0.15) is 50.9 Å². The van der Waals surface area contributed by atoms with Crippen molar-refractivity contribution < 1.29 is 36.7 Å². The van der Waals surface area contributed by atoms with Crippen LogP contribution in [0.2, 0.25) is 5.02 Å².